The monoisotopic (exact) mass is 352 g/mol. The Balaban J connectivity index is 1.60. The molecule has 25 heavy (non-hydrogen) atoms. The highest BCUT2D eigenvalue weighted by molar-refractivity contribution is 5.80. The van der Waals surface area contributed by atoms with Crippen LogP contribution in [0.5, 0.6) is 0 Å². The van der Waals surface area contributed by atoms with Crippen LogP contribution >= 0.6 is 0 Å². The Bertz CT molecular complexity index is 559. The second-order valence-electron chi connectivity index (χ2n) is 10.3. The summed E-state index contributed by atoms with van der Waals surface area (Å²) in [5.41, 5.74) is -3.42. The highest BCUT2D eigenvalue weighted by Crippen LogP contribution is 2.61. The highest BCUT2D eigenvalue weighted by atomic mass is 16.6. The van der Waals surface area contributed by atoms with E-state index in [1.165, 1.54) is 0 Å². The summed E-state index contributed by atoms with van der Waals surface area (Å²) in [6.07, 6.45) is 3.96. The van der Waals surface area contributed by atoms with E-state index in [9.17, 15) is 20.1 Å². The minimum absolute atomic E-state index is 0.0949. The van der Waals surface area contributed by atoms with E-state index in [0.29, 0.717) is 44.9 Å². The van der Waals surface area contributed by atoms with E-state index < -0.39 is 28.3 Å². The van der Waals surface area contributed by atoms with Gasteiger partial charge in [0.25, 0.3) is 0 Å². The Morgan fingerprint density at radius 3 is 2.16 bits per heavy atom. The van der Waals surface area contributed by atoms with Gasteiger partial charge in [0.15, 0.2) is 0 Å². The van der Waals surface area contributed by atoms with Crippen LogP contribution in [0.3, 0.4) is 0 Å². The summed E-state index contributed by atoms with van der Waals surface area (Å²) < 4.78 is 6.11. The van der Waals surface area contributed by atoms with Crippen molar-refractivity contribution >= 4 is 5.97 Å². The molecule has 5 aliphatic rings. The van der Waals surface area contributed by atoms with E-state index in [0.717, 1.165) is 6.42 Å². The Labute approximate surface area is 149 Å². The molecule has 0 saturated heterocycles. The van der Waals surface area contributed by atoms with Crippen LogP contribution in [0.1, 0.15) is 72.1 Å². The maximum atomic E-state index is 13.3. The van der Waals surface area contributed by atoms with Crippen LogP contribution in [0.2, 0.25) is 0 Å². The van der Waals surface area contributed by atoms with Gasteiger partial charge in [0.2, 0.25) is 0 Å². The molecule has 5 nitrogen and oxygen atoms in total. The van der Waals surface area contributed by atoms with Crippen LogP contribution < -0.4 is 0 Å². The average Bonchev–Trinajstić information content (AvgIpc) is 2.39. The lowest BCUT2D eigenvalue weighted by Gasteiger charge is -2.63. The molecule has 5 fully saturated rings. The van der Waals surface area contributed by atoms with Gasteiger partial charge in [0.1, 0.15) is 5.60 Å². The Morgan fingerprint density at radius 1 is 1.12 bits per heavy atom. The largest absolute Gasteiger partial charge is 0.458 e. The van der Waals surface area contributed by atoms with Crippen molar-refractivity contribution in [2.45, 2.75) is 95.0 Å². The lowest BCUT2D eigenvalue weighted by molar-refractivity contribution is -0.272. The number of rotatable bonds is 4. The van der Waals surface area contributed by atoms with Crippen molar-refractivity contribution in [3.63, 3.8) is 0 Å². The average molecular weight is 352 g/mol. The number of hydrogen-bond acceptors (Lipinski definition) is 5. The lowest BCUT2D eigenvalue weighted by atomic mass is 9.50. The van der Waals surface area contributed by atoms with Crippen molar-refractivity contribution in [1.29, 1.82) is 0 Å². The topological polar surface area (TPSA) is 87.0 Å². The zero-order chi connectivity index (χ0) is 18.3. The molecule has 142 valence electrons. The molecule has 5 unspecified atom stereocenters. The molecule has 5 saturated carbocycles. The summed E-state index contributed by atoms with van der Waals surface area (Å²) in [7, 11) is 0. The Hall–Kier alpha value is -0.650. The van der Waals surface area contributed by atoms with Crippen LogP contribution in [0.4, 0.5) is 0 Å². The number of hydrogen-bond donors (Lipinski definition) is 3. The van der Waals surface area contributed by atoms with Crippen LogP contribution in [0.25, 0.3) is 0 Å². The molecular formula is C20H32O5. The molecule has 0 aliphatic heterocycles. The molecule has 0 aromatic rings. The molecule has 0 spiro atoms. The fourth-order valence-electron chi connectivity index (χ4n) is 7.01. The van der Waals surface area contributed by atoms with Gasteiger partial charge in [-0.2, -0.15) is 0 Å². The van der Waals surface area contributed by atoms with Crippen molar-refractivity contribution in [2.75, 3.05) is 0 Å². The molecule has 0 aromatic heterocycles. The van der Waals surface area contributed by atoms with E-state index in [-0.39, 0.29) is 23.7 Å². The Kier molecular flexibility index (Phi) is 3.69. The van der Waals surface area contributed by atoms with Gasteiger partial charge in [0.05, 0.1) is 22.7 Å². The Morgan fingerprint density at radius 2 is 1.72 bits per heavy atom. The fraction of sp³-hybridized carbons (Fsp3) is 0.950. The SMILES string of the molecule is CC(C)CC1(C(=O)OC23CC4CC(O)(CC(O)(C4)C2)C3)C(C)CC1O. The van der Waals surface area contributed by atoms with Crippen molar-refractivity contribution in [1.82, 2.24) is 0 Å². The van der Waals surface area contributed by atoms with Crippen LogP contribution in [0.15, 0.2) is 0 Å². The van der Waals surface area contributed by atoms with Gasteiger partial charge in [-0.1, -0.05) is 20.8 Å². The minimum atomic E-state index is -0.913. The molecule has 0 heterocycles. The van der Waals surface area contributed by atoms with Crippen molar-refractivity contribution in [3.05, 3.63) is 0 Å². The zero-order valence-electron chi connectivity index (χ0n) is 15.6. The minimum Gasteiger partial charge on any atom is -0.458 e. The summed E-state index contributed by atoms with van der Waals surface area (Å²) in [5.74, 6) is 0.276. The molecule has 0 aromatic carbocycles. The van der Waals surface area contributed by atoms with E-state index >= 15 is 0 Å². The molecule has 5 rings (SSSR count). The third-order valence-corrected chi connectivity index (χ3v) is 7.44. The van der Waals surface area contributed by atoms with Crippen LogP contribution in [-0.4, -0.2) is 44.2 Å². The lowest BCUT2D eigenvalue weighted by Crippen LogP contribution is -2.68. The van der Waals surface area contributed by atoms with E-state index in [1.54, 1.807) is 0 Å². The normalized spacial score (nSPS) is 53.8. The van der Waals surface area contributed by atoms with E-state index in [1.807, 2.05) is 6.92 Å². The zero-order valence-corrected chi connectivity index (χ0v) is 15.6. The molecule has 0 amide bonds. The maximum Gasteiger partial charge on any atom is 0.315 e. The number of aliphatic hydroxyl groups is 3. The first kappa shape index (κ1) is 17.7. The molecule has 0 radical (unpaired) electrons. The number of carbonyl (C=O) groups excluding carboxylic acids is 1. The molecule has 5 aliphatic carbocycles. The van der Waals surface area contributed by atoms with E-state index in [2.05, 4.69) is 13.8 Å². The van der Waals surface area contributed by atoms with Gasteiger partial charge in [-0.05, 0) is 49.9 Å². The highest BCUT2D eigenvalue weighted by Gasteiger charge is 2.66. The second-order valence-corrected chi connectivity index (χ2v) is 10.3. The summed E-state index contributed by atoms with van der Waals surface area (Å²) >= 11 is 0. The van der Waals surface area contributed by atoms with Crippen molar-refractivity contribution in [3.8, 4) is 0 Å². The predicted molar refractivity (Wildman–Crippen MR) is 91.6 cm³/mol. The smallest absolute Gasteiger partial charge is 0.315 e. The third kappa shape index (κ3) is 2.57. The van der Waals surface area contributed by atoms with Crippen LogP contribution in [-0.2, 0) is 9.53 Å². The van der Waals surface area contributed by atoms with Gasteiger partial charge in [-0.3, -0.25) is 4.79 Å². The first-order chi connectivity index (χ1) is 11.5. The van der Waals surface area contributed by atoms with Gasteiger partial charge >= 0.3 is 5.97 Å². The molecule has 4 bridgehead atoms. The first-order valence-corrected chi connectivity index (χ1v) is 9.86. The third-order valence-electron chi connectivity index (χ3n) is 7.44. The number of esters is 1. The second kappa shape index (κ2) is 5.20. The van der Waals surface area contributed by atoms with Gasteiger partial charge < -0.3 is 20.1 Å². The summed E-state index contributed by atoms with van der Waals surface area (Å²) in [6, 6.07) is 0. The van der Waals surface area contributed by atoms with Gasteiger partial charge in [-0.15, -0.1) is 0 Å². The first-order valence-electron chi connectivity index (χ1n) is 9.86. The van der Waals surface area contributed by atoms with E-state index in [4.69, 9.17) is 4.74 Å². The standard InChI is InChI=1S/C20H32O5/c1-12(2)5-20(13(3)4-15(20)21)16(22)25-19-8-14-6-17(23,10-19)9-18(24,7-14)11-19/h12-15,21,23-24H,4-11H2,1-3H3. The summed E-state index contributed by atoms with van der Waals surface area (Å²) in [6.45, 7) is 6.13. The quantitative estimate of drug-likeness (QED) is 0.675. The number of ether oxygens (including phenoxy) is 1. The predicted octanol–water partition coefficient (Wildman–Crippen LogP) is 2.16. The van der Waals surface area contributed by atoms with Crippen LogP contribution in [0, 0.1) is 23.2 Å². The summed E-state index contributed by atoms with van der Waals surface area (Å²) in [5, 5.41) is 32.2. The fourth-order valence-corrected chi connectivity index (χ4v) is 7.01. The van der Waals surface area contributed by atoms with Gasteiger partial charge in [-0.25, -0.2) is 0 Å². The number of aliphatic hydroxyl groups excluding tert-OH is 1. The maximum absolute atomic E-state index is 13.3. The van der Waals surface area contributed by atoms with Crippen molar-refractivity contribution in [2.24, 2.45) is 23.2 Å². The van der Waals surface area contributed by atoms with Crippen molar-refractivity contribution < 1.29 is 24.9 Å². The molecular weight excluding hydrogens is 320 g/mol. The molecule has 5 heteroatoms. The number of carbonyl (C=O) groups is 1. The van der Waals surface area contributed by atoms with Gasteiger partial charge in [0, 0.05) is 19.3 Å². The molecule has 3 N–H and O–H groups in total. The molecule has 5 atom stereocenters. The summed E-state index contributed by atoms with van der Waals surface area (Å²) in [4.78, 5) is 13.3.